The minimum atomic E-state index is 0.687. The van der Waals surface area contributed by atoms with Crippen LogP contribution in [0.3, 0.4) is 0 Å². The Labute approximate surface area is 178 Å². The lowest BCUT2D eigenvalue weighted by Crippen LogP contribution is -2.17. The van der Waals surface area contributed by atoms with Gasteiger partial charge in [0.1, 0.15) is 0 Å². The minimum absolute atomic E-state index is 0.687. The average Bonchev–Trinajstić information content (AvgIpc) is 2.78. The van der Waals surface area contributed by atoms with Crippen LogP contribution in [-0.2, 0) is 0 Å². The molecule has 1 aromatic rings. The summed E-state index contributed by atoms with van der Waals surface area (Å²) in [7, 11) is 0. The fraction of sp³-hybridized carbons (Fsp3) is 0.607. The molecule has 1 heteroatoms. The quantitative estimate of drug-likeness (QED) is 0.460. The van der Waals surface area contributed by atoms with E-state index in [2.05, 4.69) is 30.9 Å². The lowest BCUT2D eigenvalue weighted by molar-refractivity contribution is 0.221. The Morgan fingerprint density at radius 3 is 1.86 bits per heavy atom. The van der Waals surface area contributed by atoms with Gasteiger partial charge in [0.15, 0.2) is 0 Å². The molecule has 1 nitrogen and oxygen atoms in total. The van der Waals surface area contributed by atoms with Crippen molar-refractivity contribution < 1.29 is 0 Å². The van der Waals surface area contributed by atoms with Gasteiger partial charge in [-0.15, -0.1) is 0 Å². The molecule has 2 aliphatic carbocycles. The molecule has 3 rings (SSSR count). The third-order valence-corrected chi connectivity index (χ3v) is 7.22. The van der Waals surface area contributed by atoms with Crippen molar-refractivity contribution in [3.05, 3.63) is 47.5 Å². The zero-order valence-corrected chi connectivity index (χ0v) is 18.2. The predicted octanol–water partition coefficient (Wildman–Crippen LogP) is 7.66. The number of nitriles is 1. The third-order valence-electron chi connectivity index (χ3n) is 7.22. The van der Waals surface area contributed by atoms with Crippen molar-refractivity contribution in [1.82, 2.24) is 0 Å². The standard InChI is InChI=1S/C28H37N/c1-2-5-23-8-12-26(13-9-23)16-17-27-14-10-24(11-15-27)6-3-4-7-25-18-20-28(22-29)21-19-25/h3,6,18-21,23-24,26-27H,2,5,8-17H2,1H3/b6-3+. The highest BCUT2D eigenvalue weighted by atomic mass is 14.3. The molecule has 0 N–H and O–H groups in total. The molecule has 154 valence electrons. The first kappa shape index (κ1) is 21.7. The van der Waals surface area contributed by atoms with Gasteiger partial charge in [-0.1, -0.05) is 76.2 Å². The molecular weight excluding hydrogens is 350 g/mol. The van der Waals surface area contributed by atoms with Crippen molar-refractivity contribution in [3.8, 4) is 17.9 Å². The van der Waals surface area contributed by atoms with Crippen LogP contribution in [0.15, 0.2) is 36.4 Å². The summed E-state index contributed by atoms with van der Waals surface area (Å²) in [6.07, 6.45) is 21.6. The molecule has 0 heterocycles. The maximum absolute atomic E-state index is 8.84. The van der Waals surface area contributed by atoms with E-state index in [4.69, 9.17) is 5.26 Å². The second-order valence-corrected chi connectivity index (χ2v) is 9.35. The Morgan fingerprint density at radius 1 is 0.793 bits per heavy atom. The molecule has 0 saturated heterocycles. The molecule has 0 spiro atoms. The van der Waals surface area contributed by atoms with E-state index in [1.807, 2.05) is 30.3 Å². The van der Waals surface area contributed by atoms with E-state index >= 15 is 0 Å². The van der Waals surface area contributed by atoms with Crippen molar-refractivity contribution in [1.29, 1.82) is 5.26 Å². The van der Waals surface area contributed by atoms with Gasteiger partial charge in [-0.25, -0.2) is 0 Å². The topological polar surface area (TPSA) is 23.8 Å². The van der Waals surface area contributed by atoms with Gasteiger partial charge in [-0.3, -0.25) is 0 Å². The molecule has 1 aromatic carbocycles. The number of rotatable bonds is 6. The highest BCUT2D eigenvalue weighted by molar-refractivity contribution is 5.41. The molecule has 2 aliphatic rings. The second kappa shape index (κ2) is 11.9. The van der Waals surface area contributed by atoms with Crippen molar-refractivity contribution >= 4 is 0 Å². The van der Waals surface area contributed by atoms with Gasteiger partial charge < -0.3 is 0 Å². The van der Waals surface area contributed by atoms with Crippen LogP contribution in [0.5, 0.6) is 0 Å². The molecule has 2 saturated carbocycles. The van der Waals surface area contributed by atoms with Crippen LogP contribution >= 0.6 is 0 Å². The van der Waals surface area contributed by atoms with Gasteiger partial charge in [-0.2, -0.15) is 5.26 Å². The summed E-state index contributed by atoms with van der Waals surface area (Å²) in [4.78, 5) is 0. The summed E-state index contributed by atoms with van der Waals surface area (Å²) < 4.78 is 0. The summed E-state index contributed by atoms with van der Waals surface area (Å²) in [5.74, 6) is 10.1. The zero-order valence-electron chi connectivity index (χ0n) is 18.2. The van der Waals surface area contributed by atoms with Gasteiger partial charge >= 0.3 is 0 Å². The highest BCUT2D eigenvalue weighted by Crippen LogP contribution is 2.37. The predicted molar refractivity (Wildman–Crippen MR) is 122 cm³/mol. The normalized spacial score (nSPS) is 27.2. The van der Waals surface area contributed by atoms with E-state index in [-0.39, 0.29) is 0 Å². The summed E-state index contributed by atoms with van der Waals surface area (Å²) in [5.41, 5.74) is 1.66. The number of hydrogen-bond acceptors (Lipinski definition) is 1. The van der Waals surface area contributed by atoms with Crippen LogP contribution in [-0.4, -0.2) is 0 Å². The molecule has 0 amide bonds. The lowest BCUT2D eigenvalue weighted by atomic mass is 9.75. The van der Waals surface area contributed by atoms with Gasteiger partial charge in [0, 0.05) is 5.56 Å². The first-order valence-electron chi connectivity index (χ1n) is 11.9. The Morgan fingerprint density at radius 2 is 1.31 bits per heavy atom. The fourth-order valence-corrected chi connectivity index (χ4v) is 5.30. The van der Waals surface area contributed by atoms with E-state index in [1.165, 1.54) is 77.0 Å². The fourth-order valence-electron chi connectivity index (χ4n) is 5.30. The summed E-state index contributed by atoms with van der Waals surface area (Å²) >= 11 is 0. The second-order valence-electron chi connectivity index (χ2n) is 9.35. The van der Waals surface area contributed by atoms with Crippen LogP contribution in [0.25, 0.3) is 0 Å². The minimum Gasteiger partial charge on any atom is -0.192 e. The van der Waals surface area contributed by atoms with Crippen LogP contribution < -0.4 is 0 Å². The Hall–Kier alpha value is -1.99. The molecule has 0 unspecified atom stereocenters. The maximum atomic E-state index is 8.84. The summed E-state index contributed by atoms with van der Waals surface area (Å²) in [6.45, 7) is 2.33. The molecule has 29 heavy (non-hydrogen) atoms. The number of benzene rings is 1. The molecule has 0 radical (unpaired) electrons. The van der Waals surface area contributed by atoms with Crippen LogP contribution in [0.1, 0.15) is 95.1 Å². The Kier molecular flexibility index (Phi) is 8.89. The lowest BCUT2D eigenvalue weighted by Gasteiger charge is -2.31. The summed E-state index contributed by atoms with van der Waals surface area (Å²) in [6, 6.07) is 9.63. The smallest absolute Gasteiger partial charge is 0.0991 e. The van der Waals surface area contributed by atoms with E-state index in [9.17, 15) is 0 Å². The number of hydrogen-bond donors (Lipinski definition) is 0. The number of nitrogens with zero attached hydrogens (tertiary/aromatic N) is 1. The average molecular weight is 388 g/mol. The van der Waals surface area contributed by atoms with Crippen LogP contribution in [0.4, 0.5) is 0 Å². The van der Waals surface area contributed by atoms with Gasteiger partial charge in [0.25, 0.3) is 0 Å². The largest absolute Gasteiger partial charge is 0.192 e. The third kappa shape index (κ3) is 7.40. The van der Waals surface area contributed by atoms with Gasteiger partial charge in [0.2, 0.25) is 0 Å². The van der Waals surface area contributed by atoms with E-state index in [0.29, 0.717) is 11.5 Å². The summed E-state index contributed by atoms with van der Waals surface area (Å²) in [5, 5.41) is 8.84. The van der Waals surface area contributed by atoms with E-state index in [0.717, 1.165) is 23.3 Å². The molecule has 0 aliphatic heterocycles. The van der Waals surface area contributed by atoms with Gasteiger partial charge in [0.05, 0.1) is 11.6 Å². The molecular formula is C28H37N. The van der Waals surface area contributed by atoms with Crippen molar-refractivity contribution in [2.75, 3.05) is 0 Å². The van der Waals surface area contributed by atoms with Crippen LogP contribution in [0, 0.1) is 46.8 Å². The van der Waals surface area contributed by atoms with Crippen molar-refractivity contribution in [2.24, 2.45) is 23.7 Å². The molecule has 2 fully saturated rings. The SMILES string of the molecule is CCCC1CCC(CCC2CCC(/C=C/C#Cc3ccc(C#N)cc3)CC2)CC1. The van der Waals surface area contributed by atoms with E-state index < -0.39 is 0 Å². The van der Waals surface area contributed by atoms with Crippen molar-refractivity contribution in [3.63, 3.8) is 0 Å². The highest BCUT2D eigenvalue weighted by Gasteiger charge is 2.23. The Bertz CT molecular complexity index is 723. The van der Waals surface area contributed by atoms with Crippen molar-refractivity contribution in [2.45, 2.75) is 84.0 Å². The van der Waals surface area contributed by atoms with Crippen LogP contribution in [0.2, 0.25) is 0 Å². The molecule has 0 atom stereocenters. The van der Waals surface area contributed by atoms with E-state index in [1.54, 1.807) is 0 Å². The molecule has 0 aromatic heterocycles. The zero-order chi connectivity index (χ0) is 20.3. The monoisotopic (exact) mass is 387 g/mol. The molecule has 0 bridgehead atoms. The van der Waals surface area contributed by atoms with Gasteiger partial charge in [-0.05, 0) is 79.7 Å². The first-order chi connectivity index (χ1) is 14.3. The first-order valence-corrected chi connectivity index (χ1v) is 11.9. The maximum Gasteiger partial charge on any atom is 0.0991 e. The number of allylic oxidation sites excluding steroid dienone is 2. The Balaban J connectivity index is 1.32.